The second-order valence-electron chi connectivity index (χ2n) is 9.88. The number of aliphatic hydroxyl groups is 1. The number of carbonyl (C=O) groups is 1. The average molecular weight is 512 g/mol. The summed E-state index contributed by atoms with van der Waals surface area (Å²) in [7, 11) is 0. The maximum atomic E-state index is 16.1. The lowest BCUT2D eigenvalue weighted by atomic mass is 9.82. The number of nitrogens with two attached hydrogens (primary N) is 1. The van der Waals surface area contributed by atoms with Gasteiger partial charge in [-0.05, 0) is 55.3 Å². The fraction of sp³-hybridized carbons (Fsp3) is 0.345. The Morgan fingerprint density at radius 2 is 1.94 bits per heavy atom. The van der Waals surface area contributed by atoms with Gasteiger partial charge in [0.2, 0.25) is 0 Å². The second kappa shape index (κ2) is 9.58. The summed E-state index contributed by atoms with van der Waals surface area (Å²) in [6.07, 6.45) is 2.50. The van der Waals surface area contributed by atoms with Gasteiger partial charge in [-0.15, -0.1) is 0 Å². The van der Waals surface area contributed by atoms with Crippen LogP contribution in [0.25, 0.3) is 11.1 Å². The monoisotopic (exact) mass is 511 g/mol. The molecular weight excluding hydrogens is 484 g/mol. The largest absolute Gasteiger partial charge is 0.482 e. The van der Waals surface area contributed by atoms with Gasteiger partial charge < -0.3 is 15.6 Å². The van der Waals surface area contributed by atoms with Crippen molar-refractivity contribution in [3.63, 3.8) is 0 Å². The van der Waals surface area contributed by atoms with Gasteiger partial charge in [0, 0.05) is 40.3 Å². The zero-order valence-electron chi connectivity index (χ0n) is 20.0. The quantitative estimate of drug-likeness (QED) is 0.289. The lowest BCUT2D eigenvalue weighted by Crippen LogP contribution is -2.31. The van der Waals surface area contributed by atoms with E-state index in [0.717, 1.165) is 18.4 Å². The Bertz CT molecular complexity index is 1330. The van der Waals surface area contributed by atoms with Gasteiger partial charge in [-0.25, -0.2) is 8.78 Å². The molecule has 0 fully saturated rings. The van der Waals surface area contributed by atoms with Crippen molar-refractivity contribution in [1.29, 1.82) is 0 Å². The third kappa shape index (κ3) is 3.92. The van der Waals surface area contributed by atoms with Crippen molar-refractivity contribution in [2.75, 3.05) is 6.54 Å². The molecule has 7 heteroatoms. The van der Waals surface area contributed by atoms with E-state index in [4.69, 9.17) is 22.1 Å². The summed E-state index contributed by atoms with van der Waals surface area (Å²) in [6.45, 7) is 2.36. The minimum absolute atomic E-state index is 0.0718. The predicted octanol–water partition coefficient (Wildman–Crippen LogP) is 6.28. The summed E-state index contributed by atoms with van der Waals surface area (Å²) in [5.74, 6) is -1.42. The van der Waals surface area contributed by atoms with Crippen LogP contribution in [0.4, 0.5) is 8.78 Å². The van der Waals surface area contributed by atoms with Gasteiger partial charge in [0.15, 0.2) is 6.29 Å². The lowest BCUT2D eigenvalue weighted by Gasteiger charge is -2.29. The summed E-state index contributed by atoms with van der Waals surface area (Å²) in [5.41, 5.74) is 7.19. The molecular formula is C29H28ClF2NO3. The van der Waals surface area contributed by atoms with Crippen LogP contribution in [-0.4, -0.2) is 17.9 Å². The number of rotatable bonds is 7. The Hall–Kier alpha value is -2.80. The molecule has 0 amide bonds. The Kier molecular flexibility index (Phi) is 6.62. The zero-order chi connectivity index (χ0) is 25.6. The van der Waals surface area contributed by atoms with Gasteiger partial charge in [0.05, 0.1) is 11.1 Å². The smallest absolute Gasteiger partial charge is 0.150 e. The number of benzene rings is 3. The molecule has 2 aliphatic rings. The van der Waals surface area contributed by atoms with Gasteiger partial charge in [0.1, 0.15) is 23.0 Å². The van der Waals surface area contributed by atoms with Crippen molar-refractivity contribution < 1.29 is 23.4 Å². The Morgan fingerprint density at radius 1 is 1.19 bits per heavy atom. The fourth-order valence-corrected chi connectivity index (χ4v) is 6.02. The molecule has 0 aromatic heterocycles. The highest BCUT2D eigenvalue weighted by Crippen LogP contribution is 2.52. The highest BCUT2D eigenvalue weighted by atomic mass is 35.5. The molecule has 0 radical (unpaired) electrons. The van der Waals surface area contributed by atoms with E-state index in [9.17, 15) is 9.90 Å². The van der Waals surface area contributed by atoms with Crippen LogP contribution in [0.5, 0.6) is 5.75 Å². The van der Waals surface area contributed by atoms with E-state index in [1.54, 1.807) is 6.07 Å². The van der Waals surface area contributed by atoms with Gasteiger partial charge in [-0.2, -0.15) is 0 Å². The Morgan fingerprint density at radius 3 is 2.64 bits per heavy atom. The molecule has 5 rings (SSSR count). The second-order valence-corrected chi connectivity index (χ2v) is 10.3. The van der Waals surface area contributed by atoms with Gasteiger partial charge in [-0.1, -0.05) is 48.9 Å². The van der Waals surface area contributed by atoms with E-state index >= 15 is 8.78 Å². The normalized spacial score (nSPS) is 22.3. The van der Waals surface area contributed by atoms with Crippen LogP contribution >= 0.6 is 11.6 Å². The zero-order valence-corrected chi connectivity index (χ0v) is 20.7. The molecule has 3 N–H and O–H groups in total. The molecule has 36 heavy (non-hydrogen) atoms. The maximum Gasteiger partial charge on any atom is 0.150 e. The van der Waals surface area contributed by atoms with Gasteiger partial charge >= 0.3 is 0 Å². The van der Waals surface area contributed by atoms with Crippen LogP contribution in [0.3, 0.4) is 0 Å². The van der Waals surface area contributed by atoms with Crippen LogP contribution in [0.2, 0.25) is 5.02 Å². The highest BCUT2D eigenvalue weighted by Gasteiger charge is 2.44. The molecule has 0 saturated heterocycles. The molecule has 1 aliphatic carbocycles. The van der Waals surface area contributed by atoms with Crippen molar-refractivity contribution in [3.05, 3.63) is 86.9 Å². The summed E-state index contributed by atoms with van der Waals surface area (Å²) in [5, 5.41) is 10.4. The molecule has 3 aromatic rings. The summed E-state index contributed by atoms with van der Waals surface area (Å²) >= 11 is 6.50. The molecule has 0 bridgehead atoms. The molecule has 0 saturated carbocycles. The molecule has 3 unspecified atom stereocenters. The lowest BCUT2D eigenvalue weighted by molar-refractivity contribution is 0.0793. The molecule has 1 heterocycles. The SMILES string of the molecule is CC1Cc2cc(C=O)c(-c3c(Cl)c(F)cc4c3CC(CCCCN)(c3ccccc3)O4)c(F)c2C1O. The van der Waals surface area contributed by atoms with Crippen molar-refractivity contribution in [2.45, 2.75) is 50.7 Å². The van der Waals surface area contributed by atoms with Crippen molar-refractivity contribution in [2.24, 2.45) is 11.7 Å². The number of aliphatic hydroxyl groups excluding tert-OH is 1. The molecule has 4 nitrogen and oxygen atoms in total. The van der Waals surface area contributed by atoms with E-state index in [-0.39, 0.29) is 38.9 Å². The van der Waals surface area contributed by atoms with Crippen LogP contribution < -0.4 is 10.5 Å². The summed E-state index contributed by atoms with van der Waals surface area (Å²) in [6, 6.07) is 12.5. The molecule has 0 spiro atoms. The minimum Gasteiger partial charge on any atom is -0.482 e. The average Bonchev–Trinajstić information content (AvgIpc) is 3.38. The van der Waals surface area contributed by atoms with Crippen molar-refractivity contribution >= 4 is 17.9 Å². The van der Waals surface area contributed by atoms with E-state index in [1.807, 2.05) is 37.3 Å². The molecule has 1 aliphatic heterocycles. The van der Waals surface area contributed by atoms with Gasteiger partial charge in [-0.3, -0.25) is 4.79 Å². The molecule has 3 atom stereocenters. The first-order valence-corrected chi connectivity index (χ1v) is 12.6. The molecule has 3 aromatic carbocycles. The number of hydrogen-bond donors (Lipinski definition) is 2. The minimum atomic E-state index is -1.02. The van der Waals surface area contributed by atoms with Crippen molar-refractivity contribution in [1.82, 2.24) is 0 Å². The number of ether oxygens (including phenoxy) is 1. The number of carbonyl (C=O) groups excluding carboxylic acids is 1. The number of hydrogen-bond acceptors (Lipinski definition) is 4. The van der Waals surface area contributed by atoms with Gasteiger partial charge in [0.25, 0.3) is 0 Å². The standard InChI is InChI=1S/C29H28ClF2NO3/c1-16-11-17-12-18(15-34)23(27(32)24(17)28(16)35)25-20-14-29(9-5-6-10-33,19-7-3-2-4-8-19)36-22(20)13-21(31)26(25)30/h2-4,7-8,12-13,15-16,28,35H,5-6,9-11,14,33H2,1H3. The van der Waals surface area contributed by atoms with Crippen molar-refractivity contribution in [3.8, 4) is 16.9 Å². The Balaban J connectivity index is 1.72. The highest BCUT2D eigenvalue weighted by molar-refractivity contribution is 6.34. The third-order valence-corrected chi connectivity index (χ3v) is 7.93. The Labute approximate surface area is 214 Å². The van der Waals surface area contributed by atoms with Crippen LogP contribution in [0, 0.1) is 17.6 Å². The van der Waals surface area contributed by atoms with E-state index < -0.39 is 23.3 Å². The fourth-order valence-electron chi connectivity index (χ4n) is 5.76. The number of unbranched alkanes of at least 4 members (excludes halogenated alkanes) is 1. The van der Waals surface area contributed by atoms with E-state index in [0.29, 0.717) is 43.2 Å². The van der Waals surface area contributed by atoms with E-state index in [2.05, 4.69) is 0 Å². The summed E-state index contributed by atoms with van der Waals surface area (Å²) < 4.78 is 37.8. The van der Waals surface area contributed by atoms with Crippen LogP contribution in [0.15, 0.2) is 42.5 Å². The topological polar surface area (TPSA) is 72.6 Å². The number of fused-ring (bicyclic) bond motifs is 2. The number of aldehydes is 1. The maximum absolute atomic E-state index is 16.1. The first kappa shape index (κ1) is 24.9. The summed E-state index contributed by atoms with van der Waals surface area (Å²) in [4.78, 5) is 12.1. The predicted molar refractivity (Wildman–Crippen MR) is 135 cm³/mol. The molecule has 188 valence electrons. The number of halogens is 3. The van der Waals surface area contributed by atoms with E-state index in [1.165, 1.54) is 6.07 Å². The first-order valence-electron chi connectivity index (χ1n) is 12.3. The first-order chi connectivity index (χ1) is 17.3. The van der Waals surface area contributed by atoms with Crippen LogP contribution in [-0.2, 0) is 18.4 Å². The van der Waals surface area contributed by atoms with Crippen LogP contribution in [0.1, 0.15) is 64.9 Å². The third-order valence-electron chi connectivity index (χ3n) is 7.56.